The summed E-state index contributed by atoms with van der Waals surface area (Å²) in [4.78, 5) is 35.5. The highest BCUT2D eigenvalue weighted by molar-refractivity contribution is 5.87. The lowest BCUT2D eigenvalue weighted by molar-refractivity contribution is -0.141. The fraction of sp³-hybridized carbons (Fsp3) is 0.286. The van der Waals surface area contributed by atoms with Gasteiger partial charge in [-0.2, -0.15) is 0 Å². The summed E-state index contributed by atoms with van der Waals surface area (Å²) in [5.41, 5.74) is 1.41. The predicted molar refractivity (Wildman–Crippen MR) is 102 cm³/mol. The molecule has 0 aromatic heterocycles. The van der Waals surface area contributed by atoms with Gasteiger partial charge in [0.05, 0.1) is 6.04 Å². The second kappa shape index (κ2) is 10.2. The van der Waals surface area contributed by atoms with Crippen LogP contribution in [-0.2, 0) is 20.8 Å². The van der Waals surface area contributed by atoms with Crippen LogP contribution in [0.1, 0.15) is 36.9 Å². The number of carboxylic acid groups (broad SMARTS) is 1. The summed E-state index contributed by atoms with van der Waals surface area (Å²) in [5.74, 6) is -2.55. The van der Waals surface area contributed by atoms with E-state index >= 15 is 0 Å². The zero-order chi connectivity index (χ0) is 20.5. The number of amides is 2. The van der Waals surface area contributed by atoms with Gasteiger partial charge in [0.25, 0.3) is 0 Å². The Morgan fingerprint density at radius 2 is 1.61 bits per heavy atom. The molecule has 0 spiro atoms. The summed E-state index contributed by atoms with van der Waals surface area (Å²) in [5, 5.41) is 14.5. The Kier molecular flexibility index (Phi) is 7.68. The maximum Gasteiger partial charge on any atom is 0.326 e. The van der Waals surface area contributed by atoms with Gasteiger partial charge in [-0.25, -0.2) is 9.18 Å². The van der Waals surface area contributed by atoms with Crippen LogP contribution in [0.4, 0.5) is 4.39 Å². The number of nitrogens with one attached hydrogen (secondary N) is 2. The number of carbonyl (C=O) groups is 3. The molecule has 2 amide bonds. The molecule has 0 bridgehead atoms. The van der Waals surface area contributed by atoms with Crippen molar-refractivity contribution in [1.29, 1.82) is 0 Å². The number of halogens is 1. The maximum atomic E-state index is 13.2. The minimum atomic E-state index is -1.22. The van der Waals surface area contributed by atoms with Crippen LogP contribution in [0.3, 0.4) is 0 Å². The molecule has 0 saturated carbocycles. The van der Waals surface area contributed by atoms with Gasteiger partial charge in [0.15, 0.2) is 0 Å². The van der Waals surface area contributed by atoms with Gasteiger partial charge in [-0.3, -0.25) is 9.59 Å². The summed E-state index contributed by atoms with van der Waals surface area (Å²) in [7, 11) is 0. The third kappa shape index (κ3) is 6.83. The van der Waals surface area contributed by atoms with E-state index in [1.165, 1.54) is 18.2 Å². The van der Waals surface area contributed by atoms with Crippen molar-refractivity contribution in [3.63, 3.8) is 0 Å². The number of rotatable bonds is 9. The molecule has 2 aromatic carbocycles. The van der Waals surface area contributed by atoms with Crippen molar-refractivity contribution < 1.29 is 23.9 Å². The van der Waals surface area contributed by atoms with E-state index in [0.29, 0.717) is 5.56 Å². The Hall–Kier alpha value is -3.22. The highest BCUT2D eigenvalue weighted by atomic mass is 19.1. The van der Waals surface area contributed by atoms with Gasteiger partial charge >= 0.3 is 5.97 Å². The molecule has 2 aromatic rings. The lowest BCUT2D eigenvalue weighted by Crippen LogP contribution is -2.42. The van der Waals surface area contributed by atoms with Crippen LogP contribution >= 0.6 is 0 Å². The van der Waals surface area contributed by atoms with Gasteiger partial charge in [-0.1, -0.05) is 42.5 Å². The van der Waals surface area contributed by atoms with Crippen molar-refractivity contribution >= 4 is 17.8 Å². The summed E-state index contributed by atoms with van der Waals surface area (Å²) in [6, 6.07) is 13.6. The fourth-order valence-electron chi connectivity index (χ4n) is 2.73. The molecule has 0 unspecified atom stereocenters. The lowest BCUT2D eigenvalue weighted by Gasteiger charge is -2.16. The van der Waals surface area contributed by atoms with Gasteiger partial charge < -0.3 is 15.7 Å². The smallest absolute Gasteiger partial charge is 0.326 e. The zero-order valence-corrected chi connectivity index (χ0v) is 15.5. The van der Waals surface area contributed by atoms with Gasteiger partial charge in [0, 0.05) is 19.3 Å². The van der Waals surface area contributed by atoms with E-state index in [1.807, 2.05) is 37.3 Å². The number of hydrogen-bond acceptors (Lipinski definition) is 3. The molecule has 0 saturated heterocycles. The first kappa shape index (κ1) is 21.1. The number of carboxylic acids is 1. The lowest BCUT2D eigenvalue weighted by atomic mass is 10.1. The largest absolute Gasteiger partial charge is 0.480 e. The molecule has 0 heterocycles. The second-order valence-corrected chi connectivity index (χ2v) is 6.49. The Bertz CT molecular complexity index is 826. The second-order valence-electron chi connectivity index (χ2n) is 6.49. The Morgan fingerprint density at radius 1 is 0.964 bits per heavy atom. The first-order chi connectivity index (χ1) is 13.3. The number of carbonyl (C=O) groups excluding carboxylic acids is 2. The first-order valence-corrected chi connectivity index (χ1v) is 8.96. The molecule has 3 N–H and O–H groups in total. The fourth-order valence-corrected chi connectivity index (χ4v) is 2.73. The van der Waals surface area contributed by atoms with E-state index in [-0.39, 0.29) is 31.2 Å². The van der Waals surface area contributed by atoms with Gasteiger partial charge in [0.2, 0.25) is 11.8 Å². The third-order valence-electron chi connectivity index (χ3n) is 4.22. The molecule has 0 aliphatic carbocycles. The SMILES string of the molecule is C[C@@H](NC(=O)CCC(=O)N[C@@H](Cc1cccc(F)c1)C(=O)O)c1ccccc1. The summed E-state index contributed by atoms with van der Waals surface area (Å²) in [6.45, 7) is 1.84. The van der Waals surface area contributed by atoms with Crippen molar-refractivity contribution in [2.45, 2.75) is 38.3 Å². The van der Waals surface area contributed by atoms with Gasteiger partial charge in [-0.05, 0) is 30.2 Å². The monoisotopic (exact) mass is 386 g/mol. The molecule has 6 nitrogen and oxygen atoms in total. The summed E-state index contributed by atoms with van der Waals surface area (Å²) < 4.78 is 13.2. The number of benzene rings is 2. The van der Waals surface area contributed by atoms with E-state index in [1.54, 1.807) is 6.07 Å². The summed E-state index contributed by atoms with van der Waals surface area (Å²) in [6.07, 6.45) is -0.244. The maximum absolute atomic E-state index is 13.2. The van der Waals surface area contributed by atoms with Crippen LogP contribution in [0.25, 0.3) is 0 Å². The quantitative estimate of drug-likeness (QED) is 0.617. The van der Waals surface area contributed by atoms with Crippen molar-refractivity contribution in [2.24, 2.45) is 0 Å². The van der Waals surface area contributed by atoms with Crippen LogP contribution in [0.2, 0.25) is 0 Å². The molecule has 148 valence electrons. The highest BCUT2D eigenvalue weighted by Crippen LogP contribution is 2.11. The Balaban J connectivity index is 1.82. The van der Waals surface area contributed by atoms with Crippen molar-refractivity contribution in [3.05, 3.63) is 71.5 Å². The van der Waals surface area contributed by atoms with Crippen LogP contribution < -0.4 is 10.6 Å². The third-order valence-corrected chi connectivity index (χ3v) is 4.22. The van der Waals surface area contributed by atoms with Crippen LogP contribution in [0, 0.1) is 5.82 Å². The molecule has 2 rings (SSSR count). The van der Waals surface area contributed by atoms with E-state index in [4.69, 9.17) is 0 Å². The molecular weight excluding hydrogens is 363 g/mol. The first-order valence-electron chi connectivity index (χ1n) is 8.96. The standard InChI is InChI=1S/C21H23FN2O4/c1-14(16-7-3-2-4-8-16)23-19(25)10-11-20(26)24-18(21(27)28)13-15-6-5-9-17(22)12-15/h2-9,12,14,18H,10-11,13H2,1H3,(H,23,25)(H,24,26)(H,27,28)/t14-,18+/m1/s1. The summed E-state index contributed by atoms with van der Waals surface area (Å²) >= 11 is 0. The van der Waals surface area contributed by atoms with Crippen LogP contribution in [0.5, 0.6) is 0 Å². The predicted octanol–water partition coefficient (Wildman–Crippen LogP) is 2.60. The Morgan fingerprint density at radius 3 is 2.21 bits per heavy atom. The zero-order valence-electron chi connectivity index (χ0n) is 15.5. The van der Waals surface area contributed by atoms with Crippen molar-refractivity contribution in [1.82, 2.24) is 10.6 Å². The van der Waals surface area contributed by atoms with Crippen LogP contribution in [-0.4, -0.2) is 28.9 Å². The van der Waals surface area contributed by atoms with Gasteiger partial charge in [-0.15, -0.1) is 0 Å². The van der Waals surface area contributed by atoms with Crippen molar-refractivity contribution in [2.75, 3.05) is 0 Å². The molecule has 7 heteroatoms. The van der Waals surface area contributed by atoms with E-state index in [2.05, 4.69) is 10.6 Å². The van der Waals surface area contributed by atoms with Crippen molar-refractivity contribution in [3.8, 4) is 0 Å². The molecule has 28 heavy (non-hydrogen) atoms. The molecule has 0 radical (unpaired) electrons. The van der Waals surface area contributed by atoms with E-state index in [9.17, 15) is 23.9 Å². The minimum absolute atomic E-state index is 0.0456. The number of hydrogen-bond donors (Lipinski definition) is 3. The normalized spacial score (nSPS) is 12.6. The Labute approximate surface area is 162 Å². The topological polar surface area (TPSA) is 95.5 Å². The van der Waals surface area contributed by atoms with E-state index < -0.39 is 23.7 Å². The molecule has 0 fully saturated rings. The molecule has 0 aliphatic rings. The minimum Gasteiger partial charge on any atom is -0.480 e. The van der Waals surface area contributed by atoms with E-state index in [0.717, 1.165) is 5.56 Å². The average Bonchev–Trinajstić information content (AvgIpc) is 2.66. The molecule has 2 atom stereocenters. The number of aliphatic carboxylic acids is 1. The van der Waals surface area contributed by atoms with Crippen LogP contribution in [0.15, 0.2) is 54.6 Å². The highest BCUT2D eigenvalue weighted by Gasteiger charge is 2.21. The average molecular weight is 386 g/mol. The molecule has 0 aliphatic heterocycles. The molecular formula is C21H23FN2O4. The van der Waals surface area contributed by atoms with Gasteiger partial charge in [0.1, 0.15) is 11.9 Å².